The summed E-state index contributed by atoms with van der Waals surface area (Å²) in [7, 11) is 0. The fourth-order valence-electron chi connectivity index (χ4n) is 2.69. The Kier molecular flexibility index (Phi) is 3.32. The van der Waals surface area contributed by atoms with Crippen LogP contribution in [0.1, 0.15) is 25.7 Å². The van der Waals surface area contributed by atoms with Crippen LogP contribution in [0, 0.1) is 0 Å². The molecule has 5 nitrogen and oxygen atoms in total. The van der Waals surface area contributed by atoms with Gasteiger partial charge in [0.15, 0.2) is 0 Å². The van der Waals surface area contributed by atoms with Crippen molar-refractivity contribution < 1.29 is 4.74 Å². The monoisotopic (exact) mass is 249 g/mol. The minimum Gasteiger partial charge on any atom is -0.376 e. The van der Waals surface area contributed by atoms with Gasteiger partial charge in [-0.1, -0.05) is 0 Å². The van der Waals surface area contributed by atoms with Crippen LogP contribution in [0.2, 0.25) is 0 Å². The quantitative estimate of drug-likeness (QED) is 0.802. The molecule has 3 rings (SSSR count). The number of ether oxygens (including phenoxy) is 1. The van der Waals surface area contributed by atoms with Gasteiger partial charge in [0.25, 0.3) is 5.56 Å². The Balaban J connectivity index is 1.73. The summed E-state index contributed by atoms with van der Waals surface area (Å²) >= 11 is 0. The lowest BCUT2D eigenvalue weighted by Gasteiger charge is -2.17. The zero-order valence-corrected chi connectivity index (χ0v) is 10.5. The predicted molar refractivity (Wildman–Crippen MR) is 68.9 cm³/mol. The van der Waals surface area contributed by atoms with Crippen molar-refractivity contribution in [2.24, 2.45) is 0 Å². The molecule has 0 aromatic carbocycles. The molecular weight excluding hydrogens is 230 g/mol. The molecule has 2 saturated heterocycles. The molecule has 1 aromatic heterocycles. The molecule has 0 aliphatic carbocycles. The maximum atomic E-state index is 12.0. The molecule has 3 heterocycles. The van der Waals surface area contributed by atoms with Gasteiger partial charge >= 0.3 is 0 Å². The van der Waals surface area contributed by atoms with E-state index in [1.54, 1.807) is 6.07 Å². The highest BCUT2D eigenvalue weighted by atomic mass is 16.5. The van der Waals surface area contributed by atoms with Crippen molar-refractivity contribution in [3.05, 3.63) is 22.6 Å². The summed E-state index contributed by atoms with van der Waals surface area (Å²) in [5, 5.41) is 4.27. The van der Waals surface area contributed by atoms with Crippen molar-refractivity contribution in [2.45, 2.75) is 38.3 Å². The molecular formula is C13H19N3O2. The molecule has 18 heavy (non-hydrogen) atoms. The van der Waals surface area contributed by atoms with Gasteiger partial charge in [-0.3, -0.25) is 4.79 Å². The number of aromatic nitrogens is 2. The van der Waals surface area contributed by atoms with Crippen molar-refractivity contribution in [1.29, 1.82) is 0 Å². The molecule has 0 unspecified atom stereocenters. The van der Waals surface area contributed by atoms with Crippen LogP contribution in [0.5, 0.6) is 0 Å². The Morgan fingerprint density at radius 1 is 1.33 bits per heavy atom. The van der Waals surface area contributed by atoms with Crippen molar-refractivity contribution in [3.63, 3.8) is 0 Å². The minimum absolute atomic E-state index is 0.0186. The first-order chi connectivity index (χ1) is 8.83. The third kappa shape index (κ3) is 2.41. The second-order valence-corrected chi connectivity index (χ2v) is 5.06. The van der Waals surface area contributed by atoms with Crippen LogP contribution < -0.4 is 10.5 Å². The first-order valence-corrected chi connectivity index (χ1v) is 6.77. The molecule has 2 aliphatic rings. The van der Waals surface area contributed by atoms with Gasteiger partial charge < -0.3 is 9.64 Å². The lowest BCUT2D eigenvalue weighted by molar-refractivity contribution is 0.0927. The van der Waals surface area contributed by atoms with Crippen molar-refractivity contribution in [3.8, 4) is 0 Å². The highest BCUT2D eigenvalue weighted by Crippen LogP contribution is 2.17. The van der Waals surface area contributed by atoms with E-state index in [1.807, 2.05) is 6.20 Å². The molecule has 98 valence electrons. The molecule has 0 radical (unpaired) electrons. The molecule has 1 atom stereocenters. The van der Waals surface area contributed by atoms with Crippen LogP contribution in [-0.2, 0) is 11.3 Å². The largest absolute Gasteiger partial charge is 0.376 e. The van der Waals surface area contributed by atoms with E-state index in [1.165, 1.54) is 17.5 Å². The number of hydrogen-bond donors (Lipinski definition) is 0. The summed E-state index contributed by atoms with van der Waals surface area (Å²) in [6, 6.07) is 1.70. The van der Waals surface area contributed by atoms with Crippen molar-refractivity contribution in [2.75, 3.05) is 24.6 Å². The van der Waals surface area contributed by atoms with Crippen molar-refractivity contribution >= 4 is 5.69 Å². The van der Waals surface area contributed by atoms with E-state index < -0.39 is 0 Å². The Bertz CT molecular complexity index is 460. The van der Waals surface area contributed by atoms with Gasteiger partial charge in [-0.2, -0.15) is 5.10 Å². The topological polar surface area (TPSA) is 47.4 Å². The molecule has 0 amide bonds. The van der Waals surface area contributed by atoms with Gasteiger partial charge in [-0.25, -0.2) is 4.68 Å². The van der Waals surface area contributed by atoms with Gasteiger partial charge in [0.05, 0.1) is 24.5 Å². The van der Waals surface area contributed by atoms with Crippen LogP contribution in [0.15, 0.2) is 17.1 Å². The SMILES string of the molecule is O=c1cc(N2CCCC2)cnn1C[C@H]1CCCO1. The zero-order chi connectivity index (χ0) is 12.4. The number of anilines is 1. The van der Waals surface area contributed by atoms with Crippen LogP contribution in [0.25, 0.3) is 0 Å². The summed E-state index contributed by atoms with van der Waals surface area (Å²) in [5.41, 5.74) is 0.941. The molecule has 0 saturated carbocycles. The standard InChI is InChI=1S/C13H19N3O2/c17-13-8-11(15-5-1-2-6-15)9-14-16(13)10-12-4-3-7-18-12/h8-9,12H,1-7,10H2/t12-/m1/s1. The first-order valence-electron chi connectivity index (χ1n) is 6.77. The van der Waals surface area contributed by atoms with Gasteiger partial charge in [0.1, 0.15) is 0 Å². The summed E-state index contributed by atoms with van der Waals surface area (Å²) in [4.78, 5) is 14.2. The van der Waals surface area contributed by atoms with Gasteiger partial charge in [0, 0.05) is 25.8 Å². The Morgan fingerprint density at radius 2 is 2.17 bits per heavy atom. The van der Waals surface area contributed by atoms with E-state index in [2.05, 4.69) is 10.00 Å². The molecule has 0 N–H and O–H groups in total. The van der Waals surface area contributed by atoms with Crippen molar-refractivity contribution in [1.82, 2.24) is 9.78 Å². The van der Waals surface area contributed by atoms with Gasteiger partial charge in [-0.05, 0) is 25.7 Å². The molecule has 2 fully saturated rings. The fourth-order valence-corrected chi connectivity index (χ4v) is 2.69. The van der Waals surface area contributed by atoms with E-state index in [0.29, 0.717) is 6.54 Å². The molecule has 0 spiro atoms. The summed E-state index contributed by atoms with van der Waals surface area (Å²) in [5.74, 6) is 0. The average molecular weight is 249 g/mol. The number of rotatable bonds is 3. The van der Waals surface area contributed by atoms with E-state index >= 15 is 0 Å². The number of nitrogens with zero attached hydrogens (tertiary/aromatic N) is 3. The second kappa shape index (κ2) is 5.10. The maximum Gasteiger partial charge on any atom is 0.268 e. The molecule has 2 aliphatic heterocycles. The van der Waals surface area contributed by atoms with Gasteiger partial charge in [0.2, 0.25) is 0 Å². The van der Waals surface area contributed by atoms with E-state index in [9.17, 15) is 4.79 Å². The highest BCUT2D eigenvalue weighted by molar-refractivity contribution is 5.43. The van der Waals surface area contributed by atoms with E-state index in [4.69, 9.17) is 4.74 Å². The Hall–Kier alpha value is -1.36. The predicted octanol–water partition coefficient (Wildman–Crippen LogP) is 1.02. The van der Waals surface area contributed by atoms with Crippen LogP contribution in [0.4, 0.5) is 5.69 Å². The zero-order valence-electron chi connectivity index (χ0n) is 10.5. The molecule has 5 heteroatoms. The average Bonchev–Trinajstić information content (AvgIpc) is 3.04. The smallest absolute Gasteiger partial charge is 0.268 e. The highest BCUT2D eigenvalue weighted by Gasteiger charge is 2.18. The maximum absolute atomic E-state index is 12.0. The van der Waals surface area contributed by atoms with E-state index in [0.717, 1.165) is 38.2 Å². The third-order valence-electron chi connectivity index (χ3n) is 3.73. The number of hydrogen-bond acceptors (Lipinski definition) is 4. The van der Waals surface area contributed by atoms with E-state index in [-0.39, 0.29) is 11.7 Å². The summed E-state index contributed by atoms with van der Waals surface area (Å²) < 4.78 is 7.06. The summed E-state index contributed by atoms with van der Waals surface area (Å²) in [6.07, 6.45) is 6.50. The van der Waals surface area contributed by atoms with Crippen LogP contribution in [0.3, 0.4) is 0 Å². The Labute approximate surface area is 106 Å². The minimum atomic E-state index is -0.0186. The third-order valence-corrected chi connectivity index (χ3v) is 3.73. The van der Waals surface area contributed by atoms with Crippen LogP contribution >= 0.6 is 0 Å². The summed E-state index contributed by atoms with van der Waals surface area (Å²) in [6.45, 7) is 3.47. The molecule has 1 aromatic rings. The van der Waals surface area contributed by atoms with Gasteiger partial charge in [-0.15, -0.1) is 0 Å². The normalized spacial score (nSPS) is 23.8. The molecule has 0 bridgehead atoms. The lowest BCUT2D eigenvalue weighted by atomic mass is 10.2. The fraction of sp³-hybridized carbons (Fsp3) is 0.692. The van der Waals surface area contributed by atoms with Crippen LogP contribution in [-0.4, -0.2) is 35.6 Å². The lowest BCUT2D eigenvalue weighted by Crippen LogP contribution is -2.29. The Morgan fingerprint density at radius 3 is 2.83 bits per heavy atom. The second-order valence-electron chi connectivity index (χ2n) is 5.06. The first kappa shape index (κ1) is 11.7.